The smallest absolute Gasteiger partial charge is 0.416 e. The van der Waals surface area contributed by atoms with Crippen molar-refractivity contribution >= 4 is 5.91 Å². The number of likely N-dealkylation sites (N-methyl/N-ethyl adjacent to an activating group) is 1. The number of halogens is 3. The molecule has 0 atom stereocenters. The van der Waals surface area contributed by atoms with Crippen LogP contribution >= 0.6 is 0 Å². The first kappa shape index (κ1) is 17.8. The molecule has 0 N–H and O–H groups in total. The van der Waals surface area contributed by atoms with Gasteiger partial charge in [0.2, 0.25) is 5.91 Å². The summed E-state index contributed by atoms with van der Waals surface area (Å²) in [4.78, 5) is 13.6. The van der Waals surface area contributed by atoms with Gasteiger partial charge in [-0.25, -0.2) is 0 Å². The molecule has 0 heterocycles. The van der Waals surface area contributed by atoms with E-state index < -0.39 is 11.7 Å². The van der Waals surface area contributed by atoms with E-state index in [1.165, 1.54) is 17.0 Å². The van der Waals surface area contributed by atoms with Crippen LogP contribution < -0.4 is 4.74 Å². The maximum Gasteiger partial charge on any atom is 0.416 e. The average Bonchev–Trinajstić information content (AvgIpc) is 2.55. The number of hydrogen-bond donors (Lipinski definition) is 0. The van der Waals surface area contributed by atoms with Gasteiger partial charge in [-0.1, -0.05) is 36.4 Å². The number of nitrogens with zero attached hydrogens (tertiary/aromatic N) is 1. The van der Waals surface area contributed by atoms with Crippen molar-refractivity contribution in [1.82, 2.24) is 4.90 Å². The lowest BCUT2D eigenvalue weighted by Gasteiger charge is -2.18. The topological polar surface area (TPSA) is 29.5 Å². The molecular weight excluding hydrogens is 319 g/mol. The summed E-state index contributed by atoms with van der Waals surface area (Å²) in [5.74, 6) is 0.446. The Morgan fingerprint density at radius 2 is 1.79 bits per heavy atom. The Bertz CT molecular complexity index is 671. The highest BCUT2D eigenvalue weighted by atomic mass is 19.4. The highest BCUT2D eigenvalue weighted by Gasteiger charge is 2.30. The first-order valence-corrected chi connectivity index (χ1v) is 7.44. The second-order valence-electron chi connectivity index (χ2n) is 5.35. The van der Waals surface area contributed by atoms with Crippen LogP contribution in [0.4, 0.5) is 13.2 Å². The van der Waals surface area contributed by atoms with Crippen molar-refractivity contribution in [3.05, 3.63) is 65.7 Å². The van der Waals surface area contributed by atoms with Gasteiger partial charge in [-0.15, -0.1) is 0 Å². The summed E-state index contributed by atoms with van der Waals surface area (Å²) < 4.78 is 43.5. The van der Waals surface area contributed by atoms with Gasteiger partial charge in [-0.05, 0) is 23.8 Å². The van der Waals surface area contributed by atoms with Crippen molar-refractivity contribution in [2.75, 3.05) is 20.2 Å². The van der Waals surface area contributed by atoms with Crippen molar-refractivity contribution in [3.63, 3.8) is 0 Å². The number of carbonyl (C=O) groups excluding carboxylic acids is 1. The van der Waals surface area contributed by atoms with Crippen LogP contribution in [0.3, 0.4) is 0 Å². The first-order valence-electron chi connectivity index (χ1n) is 7.44. The van der Waals surface area contributed by atoms with Gasteiger partial charge >= 0.3 is 6.18 Å². The molecule has 3 nitrogen and oxygen atoms in total. The summed E-state index contributed by atoms with van der Waals surface area (Å²) >= 11 is 0. The lowest BCUT2D eigenvalue weighted by molar-refractivity contribution is -0.137. The molecule has 6 heteroatoms. The third kappa shape index (κ3) is 5.30. The lowest BCUT2D eigenvalue weighted by Crippen LogP contribution is -2.32. The third-order valence-corrected chi connectivity index (χ3v) is 3.47. The number of alkyl halides is 3. The first-order chi connectivity index (χ1) is 11.4. The van der Waals surface area contributed by atoms with Crippen LogP contribution in [-0.2, 0) is 17.4 Å². The van der Waals surface area contributed by atoms with Crippen LogP contribution in [-0.4, -0.2) is 31.0 Å². The molecule has 0 radical (unpaired) electrons. The molecule has 1 amide bonds. The summed E-state index contributed by atoms with van der Waals surface area (Å²) in [5, 5.41) is 0. The van der Waals surface area contributed by atoms with Crippen LogP contribution in [0.1, 0.15) is 11.1 Å². The summed E-state index contributed by atoms with van der Waals surface area (Å²) in [6.45, 7) is 0.668. The van der Waals surface area contributed by atoms with Crippen molar-refractivity contribution in [1.29, 1.82) is 0 Å². The van der Waals surface area contributed by atoms with E-state index in [2.05, 4.69) is 0 Å². The SMILES string of the molecule is CN(CCOc1ccccc1)C(=O)Cc1cccc(C(F)(F)F)c1. The Balaban J connectivity index is 1.85. The van der Waals surface area contributed by atoms with E-state index in [0.29, 0.717) is 24.5 Å². The molecule has 0 aliphatic heterocycles. The van der Waals surface area contributed by atoms with E-state index in [4.69, 9.17) is 4.74 Å². The zero-order chi connectivity index (χ0) is 17.6. The predicted octanol–water partition coefficient (Wildman–Crippen LogP) is 3.79. The molecule has 0 bridgehead atoms. The normalized spacial score (nSPS) is 11.2. The van der Waals surface area contributed by atoms with Gasteiger partial charge in [-0.3, -0.25) is 4.79 Å². The molecule has 0 saturated heterocycles. The van der Waals surface area contributed by atoms with E-state index in [-0.39, 0.29) is 12.3 Å². The van der Waals surface area contributed by atoms with E-state index in [9.17, 15) is 18.0 Å². The molecule has 0 saturated carbocycles. The van der Waals surface area contributed by atoms with Crippen molar-refractivity contribution in [3.8, 4) is 5.75 Å². The van der Waals surface area contributed by atoms with Crippen molar-refractivity contribution in [2.24, 2.45) is 0 Å². The lowest BCUT2D eigenvalue weighted by atomic mass is 10.1. The van der Waals surface area contributed by atoms with Gasteiger partial charge in [0.05, 0.1) is 18.5 Å². The zero-order valence-corrected chi connectivity index (χ0v) is 13.2. The Morgan fingerprint density at radius 1 is 1.08 bits per heavy atom. The predicted molar refractivity (Wildman–Crippen MR) is 84.7 cm³/mol. The van der Waals surface area contributed by atoms with E-state index in [1.54, 1.807) is 7.05 Å². The Labute approximate surface area is 138 Å². The summed E-state index contributed by atoms with van der Waals surface area (Å²) in [6.07, 6.45) is -4.49. The van der Waals surface area contributed by atoms with Crippen LogP contribution in [0.5, 0.6) is 5.75 Å². The number of rotatable bonds is 6. The molecule has 0 aliphatic carbocycles. The largest absolute Gasteiger partial charge is 0.492 e. The quantitative estimate of drug-likeness (QED) is 0.803. The summed E-state index contributed by atoms with van der Waals surface area (Å²) in [5.41, 5.74) is -0.409. The van der Waals surface area contributed by atoms with Gasteiger partial charge in [0.15, 0.2) is 0 Å². The minimum absolute atomic E-state index is 0.0776. The van der Waals surface area contributed by atoms with Gasteiger partial charge in [-0.2, -0.15) is 13.2 Å². The fraction of sp³-hybridized carbons (Fsp3) is 0.278. The number of amides is 1. The molecule has 0 aliphatic rings. The molecule has 2 aromatic rings. The molecule has 2 aromatic carbocycles. The fourth-order valence-electron chi connectivity index (χ4n) is 2.11. The minimum Gasteiger partial charge on any atom is -0.492 e. The third-order valence-electron chi connectivity index (χ3n) is 3.47. The van der Waals surface area contributed by atoms with Gasteiger partial charge in [0.1, 0.15) is 12.4 Å². The molecule has 128 valence electrons. The molecule has 0 unspecified atom stereocenters. The van der Waals surface area contributed by atoms with Crippen LogP contribution in [0, 0.1) is 0 Å². The number of benzene rings is 2. The number of carbonyl (C=O) groups is 1. The average molecular weight is 337 g/mol. The molecule has 0 aromatic heterocycles. The van der Waals surface area contributed by atoms with Gasteiger partial charge in [0, 0.05) is 7.05 Å². The molecule has 0 spiro atoms. The molecule has 24 heavy (non-hydrogen) atoms. The maximum absolute atomic E-state index is 12.7. The Kier molecular flexibility index (Phi) is 5.84. The summed E-state index contributed by atoms with van der Waals surface area (Å²) in [6, 6.07) is 14.0. The monoisotopic (exact) mass is 337 g/mol. The van der Waals surface area contributed by atoms with Crippen molar-refractivity contribution in [2.45, 2.75) is 12.6 Å². The number of ether oxygens (including phenoxy) is 1. The standard InChI is InChI=1S/C18H18F3NO2/c1-22(10-11-24-16-8-3-2-4-9-16)17(23)13-14-6-5-7-15(12-14)18(19,20)21/h2-9,12H,10-11,13H2,1H3. The molecule has 2 rings (SSSR count). The minimum atomic E-state index is -4.41. The number of hydrogen-bond acceptors (Lipinski definition) is 2. The number of para-hydroxylation sites is 1. The van der Waals surface area contributed by atoms with E-state index >= 15 is 0 Å². The Morgan fingerprint density at radius 3 is 2.46 bits per heavy atom. The summed E-state index contributed by atoms with van der Waals surface area (Å²) in [7, 11) is 1.60. The van der Waals surface area contributed by atoms with E-state index in [1.807, 2.05) is 30.3 Å². The van der Waals surface area contributed by atoms with Gasteiger partial charge in [0.25, 0.3) is 0 Å². The van der Waals surface area contributed by atoms with Crippen LogP contribution in [0.15, 0.2) is 54.6 Å². The highest BCUT2D eigenvalue weighted by Crippen LogP contribution is 2.29. The van der Waals surface area contributed by atoms with Crippen LogP contribution in [0.25, 0.3) is 0 Å². The van der Waals surface area contributed by atoms with Crippen LogP contribution in [0.2, 0.25) is 0 Å². The molecular formula is C18H18F3NO2. The highest BCUT2D eigenvalue weighted by molar-refractivity contribution is 5.78. The second kappa shape index (κ2) is 7.86. The van der Waals surface area contributed by atoms with Crippen molar-refractivity contribution < 1.29 is 22.7 Å². The maximum atomic E-state index is 12.7. The van der Waals surface area contributed by atoms with E-state index in [0.717, 1.165) is 12.1 Å². The van der Waals surface area contributed by atoms with Gasteiger partial charge < -0.3 is 9.64 Å². The second-order valence-corrected chi connectivity index (χ2v) is 5.35. The Hall–Kier alpha value is -2.50. The fourth-order valence-corrected chi connectivity index (χ4v) is 2.11. The zero-order valence-electron chi connectivity index (χ0n) is 13.2. The molecule has 0 fully saturated rings.